The molecule has 106 valence electrons. The highest BCUT2D eigenvalue weighted by molar-refractivity contribution is 7.89. The van der Waals surface area contributed by atoms with Crippen LogP contribution in [0.3, 0.4) is 0 Å². The number of aryl methyl sites for hydroxylation is 1. The van der Waals surface area contributed by atoms with Gasteiger partial charge in [0.1, 0.15) is 4.90 Å². The van der Waals surface area contributed by atoms with Crippen LogP contribution in [-0.4, -0.2) is 32.4 Å². The third-order valence-electron chi connectivity index (χ3n) is 3.61. The van der Waals surface area contributed by atoms with Crippen molar-refractivity contribution in [2.24, 2.45) is 11.7 Å². The molecule has 19 heavy (non-hydrogen) atoms. The van der Waals surface area contributed by atoms with E-state index >= 15 is 0 Å². The molecule has 1 heterocycles. The summed E-state index contributed by atoms with van der Waals surface area (Å²) in [6.07, 6.45) is 1.64. The molecule has 0 unspecified atom stereocenters. The second-order valence-electron chi connectivity index (χ2n) is 5.02. The summed E-state index contributed by atoms with van der Waals surface area (Å²) in [4.78, 5) is 0.200. The maximum atomic E-state index is 12.5. The maximum Gasteiger partial charge on any atom is 0.244 e. The third kappa shape index (κ3) is 3.11. The van der Waals surface area contributed by atoms with Crippen LogP contribution >= 0.6 is 11.6 Å². The molecule has 0 spiro atoms. The molecule has 1 aliphatic heterocycles. The lowest BCUT2D eigenvalue weighted by Gasteiger charge is -2.30. The van der Waals surface area contributed by atoms with Crippen LogP contribution in [0.1, 0.15) is 18.4 Å². The normalized spacial score (nSPS) is 18.7. The van der Waals surface area contributed by atoms with Crippen molar-refractivity contribution in [1.82, 2.24) is 4.31 Å². The van der Waals surface area contributed by atoms with Crippen molar-refractivity contribution in [3.8, 4) is 0 Å². The molecule has 4 nitrogen and oxygen atoms in total. The van der Waals surface area contributed by atoms with E-state index < -0.39 is 10.0 Å². The summed E-state index contributed by atoms with van der Waals surface area (Å²) >= 11 is 6.06. The molecule has 2 N–H and O–H groups in total. The van der Waals surface area contributed by atoms with Gasteiger partial charge < -0.3 is 5.73 Å². The Bertz CT molecular complexity index is 552. The van der Waals surface area contributed by atoms with E-state index in [0.717, 1.165) is 18.4 Å². The van der Waals surface area contributed by atoms with Crippen LogP contribution in [0.25, 0.3) is 0 Å². The Balaban J connectivity index is 2.23. The molecule has 0 amide bonds. The van der Waals surface area contributed by atoms with E-state index in [1.54, 1.807) is 18.2 Å². The van der Waals surface area contributed by atoms with Crippen molar-refractivity contribution in [3.63, 3.8) is 0 Å². The van der Waals surface area contributed by atoms with Gasteiger partial charge in [0, 0.05) is 13.1 Å². The Hall–Kier alpha value is -0.620. The first-order chi connectivity index (χ1) is 8.95. The van der Waals surface area contributed by atoms with Gasteiger partial charge in [-0.3, -0.25) is 0 Å². The number of rotatable bonds is 3. The monoisotopic (exact) mass is 302 g/mol. The molecule has 0 saturated carbocycles. The SMILES string of the molecule is Cc1ccc(S(=O)(=O)N2CCC(CN)CC2)c(Cl)c1. The fraction of sp³-hybridized carbons (Fsp3) is 0.538. The molecule has 1 saturated heterocycles. The van der Waals surface area contributed by atoms with Crippen LogP contribution in [0, 0.1) is 12.8 Å². The number of benzene rings is 1. The minimum Gasteiger partial charge on any atom is -0.330 e. The highest BCUT2D eigenvalue weighted by Gasteiger charge is 2.30. The molecule has 6 heteroatoms. The van der Waals surface area contributed by atoms with E-state index in [1.165, 1.54) is 4.31 Å². The van der Waals surface area contributed by atoms with E-state index in [2.05, 4.69) is 0 Å². The predicted octanol–water partition coefficient (Wildman–Crippen LogP) is 2.01. The van der Waals surface area contributed by atoms with Gasteiger partial charge in [-0.15, -0.1) is 0 Å². The third-order valence-corrected chi connectivity index (χ3v) is 5.99. The smallest absolute Gasteiger partial charge is 0.244 e. The van der Waals surface area contributed by atoms with Crippen LogP contribution in [-0.2, 0) is 10.0 Å². The first-order valence-corrected chi connectivity index (χ1v) is 8.23. The summed E-state index contributed by atoms with van der Waals surface area (Å²) in [7, 11) is -3.48. The van der Waals surface area contributed by atoms with Crippen LogP contribution in [0.4, 0.5) is 0 Å². The average Bonchev–Trinajstić information content (AvgIpc) is 2.38. The Morgan fingerprint density at radius 1 is 1.37 bits per heavy atom. The molecule has 0 aromatic heterocycles. The standard InChI is InChI=1S/C13H19ClN2O2S/c1-10-2-3-13(12(14)8-10)19(17,18)16-6-4-11(9-15)5-7-16/h2-3,8,11H,4-7,9,15H2,1H3. The fourth-order valence-electron chi connectivity index (χ4n) is 2.34. The Morgan fingerprint density at radius 2 is 2.00 bits per heavy atom. The molecule has 1 aromatic carbocycles. The Kier molecular flexibility index (Phi) is 4.50. The zero-order valence-electron chi connectivity index (χ0n) is 11.0. The molecule has 0 aliphatic carbocycles. The first-order valence-electron chi connectivity index (χ1n) is 6.41. The van der Waals surface area contributed by atoms with E-state index in [9.17, 15) is 8.42 Å². The summed E-state index contributed by atoms with van der Waals surface area (Å²) in [5, 5.41) is 0.293. The summed E-state index contributed by atoms with van der Waals surface area (Å²) < 4.78 is 26.6. The molecule has 0 atom stereocenters. The summed E-state index contributed by atoms with van der Waals surface area (Å²) in [6, 6.07) is 5.04. The van der Waals surface area contributed by atoms with Crippen molar-refractivity contribution < 1.29 is 8.42 Å². The molecular formula is C13H19ClN2O2S. The lowest BCUT2D eigenvalue weighted by Crippen LogP contribution is -2.40. The molecule has 0 radical (unpaired) electrons. The van der Waals surface area contributed by atoms with Crippen molar-refractivity contribution in [2.45, 2.75) is 24.7 Å². The van der Waals surface area contributed by atoms with Gasteiger partial charge in [0.15, 0.2) is 0 Å². The molecule has 1 aliphatic rings. The molecule has 1 aromatic rings. The van der Waals surface area contributed by atoms with Gasteiger partial charge in [-0.25, -0.2) is 8.42 Å². The molecule has 2 rings (SSSR count). The number of nitrogens with zero attached hydrogens (tertiary/aromatic N) is 1. The van der Waals surface area contributed by atoms with Crippen LogP contribution in [0.15, 0.2) is 23.1 Å². The lowest BCUT2D eigenvalue weighted by molar-refractivity contribution is 0.278. The van der Waals surface area contributed by atoms with Gasteiger partial charge in [-0.1, -0.05) is 17.7 Å². The van der Waals surface area contributed by atoms with Crippen LogP contribution in [0.5, 0.6) is 0 Å². The number of halogens is 1. The minimum atomic E-state index is -3.48. The van der Waals surface area contributed by atoms with Crippen LogP contribution < -0.4 is 5.73 Å². The second kappa shape index (κ2) is 5.79. The van der Waals surface area contributed by atoms with Crippen molar-refractivity contribution >= 4 is 21.6 Å². The topological polar surface area (TPSA) is 63.4 Å². The summed E-state index contributed by atoms with van der Waals surface area (Å²) in [6.45, 7) is 3.55. The summed E-state index contributed by atoms with van der Waals surface area (Å²) in [5.74, 6) is 0.430. The average molecular weight is 303 g/mol. The first kappa shape index (κ1) is 14.8. The molecular weight excluding hydrogens is 284 g/mol. The van der Waals surface area contributed by atoms with Gasteiger partial charge in [0.05, 0.1) is 5.02 Å². The number of nitrogens with two attached hydrogens (primary N) is 1. The highest BCUT2D eigenvalue weighted by atomic mass is 35.5. The molecule has 0 bridgehead atoms. The van der Waals surface area contributed by atoms with Gasteiger partial charge in [-0.2, -0.15) is 4.31 Å². The van der Waals surface area contributed by atoms with Crippen molar-refractivity contribution in [3.05, 3.63) is 28.8 Å². The second-order valence-corrected chi connectivity index (χ2v) is 7.33. The maximum absolute atomic E-state index is 12.5. The highest BCUT2D eigenvalue weighted by Crippen LogP contribution is 2.28. The van der Waals surface area contributed by atoms with Gasteiger partial charge in [-0.05, 0) is 49.9 Å². The van der Waals surface area contributed by atoms with Gasteiger partial charge >= 0.3 is 0 Å². The predicted molar refractivity (Wildman–Crippen MR) is 76.7 cm³/mol. The zero-order valence-corrected chi connectivity index (χ0v) is 12.5. The van der Waals surface area contributed by atoms with Gasteiger partial charge in [0.25, 0.3) is 0 Å². The molecule has 1 fully saturated rings. The van der Waals surface area contributed by atoms with E-state index in [-0.39, 0.29) is 4.90 Å². The van der Waals surface area contributed by atoms with Crippen LogP contribution in [0.2, 0.25) is 5.02 Å². The van der Waals surface area contributed by atoms with E-state index in [4.69, 9.17) is 17.3 Å². The largest absolute Gasteiger partial charge is 0.330 e. The Morgan fingerprint density at radius 3 is 2.53 bits per heavy atom. The number of hydrogen-bond acceptors (Lipinski definition) is 3. The quantitative estimate of drug-likeness (QED) is 0.929. The zero-order chi connectivity index (χ0) is 14.0. The van der Waals surface area contributed by atoms with E-state index in [0.29, 0.717) is 30.6 Å². The van der Waals surface area contributed by atoms with Gasteiger partial charge in [0.2, 0.25) is 10.0 Å². The summed E-state index contributed by atoms with van der Waals surface area (Å²) in [5.41, 5.74) is 6.57. The fourth-order valence-corrected chi connectivity index (χ4v) is 4.38. The van der Waals surface area contributed by atoms with Crippen molar-refractivity contribution in [2.75, 3.05) is 19.6 Å². The lowest BCUT2D eigenvalue weighted by atomic mass is 9.99. The Labute approximate surface area is 119 Å². The number of hydrogen-bond donors (Lipinski definition) is 1. The van der Waals surface area contributed by atoms with Crippen molar-refractivity contribution in [1.29, 1.82) is 0 Å². The van der Waals surface area contributed by atoms with E-state index in [1.807, 2.05) is 6.92 Å². The minimum absolute atomic E-state index is 0.200. The number of sulfonamides is 1. The number of piperidine rings is 1.